The summed E-state index contributed by atoms with van der Waals surface area (Å²) >= 11 is 0. The van der Waals surface area contributed by atoms with Crippen molar-refractivity contribution in [1.29, 1.82) is 0 Å². The second-order valence-corrected chi connectivity index (χ2v) is 4.68. The van der Waals surface area contributed by atoms with E-state index in [0.29, 0.717) is 5.78 Å². The van der Waals surface area contributed by atoms with Crippen molar-refractivity contribution in [2.45, 2.75) is 72.1 Å². The van der Waals surface area contributed by atoms with Crippen molar-refractivity contribution in [1.82, 2.24) is 0 Å². The van der Waals surface area contributed by atoms with Gasteiger partial charge in [0.1, 0.15) is 5.78 Å². The highest BCUT2D eigenvalue weighted by atomic mass is 16.1. The number of hydrogen-bond donors (Lipinski definition) is 1. The van der Waals surface area contributed by atoms with E-state index in [9.17, 15) is 4.79 Å². The minimum atomic E-state index is 0.250. The zero-order valence-corrected chi connectivity index (χ0v) is 11.7. The van der Waals surface area contributed by atoms with Gasteiger partial charge in [-0.1, -0.05) is 52.4 Å². The van der Waals surface area contributed by atoms with Crippen LogP contribution in [-0.4, -0.2) is 12.2 Å². The largest absolute Gasteiger partial charge is 0.372 e. The van der Waals surface area contributed by atoms with Gasteiger partial charge in [0.15, 0.2) is 0 Å². The molecule has 0 aromatic carbocycles. The Balaban J connectivity index is 0. The number of primary amides is 1. The zero-order valence-electron chi connectivity index (χ0n) is 11.7. The van der Waals surface area contributed by atoms with Gasteiger partial charge in [-0.2, -0.15) is 0 Å². The summed E-state index contributed by atoms with van der Waals surface area (Å²) in [6.45, 7) is 6.08. The molecule has 2 N–H and O–H groups in total. The van der Waals surface area contributed by atoms with E-state index < -0.39 is 0 Å². The summed E-state index contributed by atoms with van der Waals surface area (Å²) in [4.78, 5) is 18.8. The van der Waals surface area contributed by atoms with Crippen molar-refractivity contribution in [2.75, 3.05) is 0 Å². The predicted octanol–water partition coefficient (Wildman–Crippen LogP) is 3.45. The van der Waals surface area contributed by atoms with E-state index in [-0.39, 0.29) is 6.41 Å². The van der Waals surface area contributed by atoms with Crippen LogP contribution in [0.15, 0.2) is 0 Å². The van der Waals surface area contributed by atoms with E-state index in [1.807, 2.05) is 0 Å². The fraction of sp³-hybridized carbons (Fsp3) is 0.857. The fourth-order valence-corrected chi connectivity index (χ4v) is 1.73. The quantitative estimate of drug-likeness (QED) is 0.772. The van der Waals surface area contributed by atoms with Crippen molar-refractivity contribution in [2.24, 2.45) is 11.7 Å². The minimum absolute atomic E-state index is 0.250. The average molecular weight is 243 g/mol. The lowest BCUT2D eigenvalue weighted by Crippen LogP contribution is -1.99. The summed E-state index contributed by atoms with van der Waals surface area (Å²) in [6.07, 6.45) is 10.6. The van der Waals surface area contributed by atoms with Crippen LogP contribution in [-0.2, 0) is 9.59 Å². The fourth-order valence-electron chi connectivity index (χ4n) is 1.73. The second kappa shape index (κ2) is 15.1. The highest BCUT2D eigenvalue weighted by molar-refractivity contribution is 5.75. The van der Waals surface area contributed by atoms with Crippen LogP contribution in [0.5, 0.6) is 0 Å². The number of hydrogen-bond acceptors (Lipinski definition) is 2. The predicted molar refractivity (Wildman–Crippen MR) is 72.7 cm³/mol. The lowest BCUT2D eigenvalue weighted by molar-refractivity contribution is -0.117. The monoisotopic (exact) mass is 243 g/mol. The number of amides is 1. The molecule has 0 spiro atoms. The summed E-state index contributed by atoms with van der Waals surface area (Å²) in [5.74, 6) is 1.34. The molecule has 0 aliphatic heterocycles. The summed E-state index contributed by atoms with van der Waals surface area (Å²) in [7, 11) is 0. The Kier molecular flexibility index (Phi) is 16.5. The molecule has 0 atom stereocenters. The average Bonchev–Trinajstić information content (AvgIpc) is 2.29. The molecule has 0 radical (unpaired) electrons. The first-order valence-corrected chi connectivity index (χ1v) is 6.73. The first-order chi connectivity index (χ1) is 8.08. The van der Waals surface area contributed by atoms with Gasteiger partial charge in [-0.05, 0) is 19.3 Å². The molecule has 1 fully saturated rings. The van der Waals surface area contributed by atoms with Crippen LogP contribution in [0.25, 0.3) is 0 Å². The van der Waals surface area contributed by atoms with Gasteiger partial charge < -0.3 is 10.5 Å². The Bertz CT molecular complexity index is 175. The van der Waals surface area contributed by atoms with Crippen LogP contribution in [0.2, 0.25) is 0 Å². The Hall–Kier alpha value is -0.860. The van der Waals surface area contributed by atoms with Crippen LogP contribution < -0.4 is 5.73 Å². The summed E-state index contributed by atoms with van der Waals surface area (Å²) < 4.78 is 0. The van der Waals surface area contributed by atoms with Crippen LogP contribution in [0, 0.1) is 5.92 Å². The topological polar surface area (TPSA) is 60.2 Å². The molecule has 1 aliphatic rings. The maximum absolute atomic E-state index is 10.2. The molecule has 0 heterocycles. The lowest BCUT2D eigenvalue weighted by Gasteiger charge is -2.15. The molecule has 3 nitrogen and oxygen atoms in total. The van der Waals surface area contributed by atoms with Crippen LogP contribution >= 0.6 is 0 Å². The molecule has 1 aliphatic carbocycles. The van der Waals surface area contributed by atoms with Gasteiger partial charge in [0, 0.05) is 6.42 Å². The molecule has 1 amide bonds. The van der Waals surface area contributed by atoms with Gasteiger partial charge in [0.25, 0.3) is 0 Å². The van der Waals surface area contributed by atoms with E-state index in [0.717, 1.165) is 25.2 Å². The molecule has 102 valence electrons. The molecule has 0 unspecified atom stereocenters. The zero-order chi connectivity index (χ0) is 13.5. The third-order valence-corrected chi connectivity index (χ3v) is 2.78. The van der Waals surface area contributed by atoms with Gasteiger partial charge >= 0.3 is 0 Å². The number of carbonyl (C=O) groups excluding carboxylic acids is 2. The molecule has 0 aromatic heterocycles. The molecule has 0 bridgehead atoms. The van der Waals surface area contributed by atoms with Crippen LogP contribution in [0.4, 0.5) is 0 Å². The van der Waals surface area contributed by atoms with Crippen molar-refractivity contribution in [3.8, 4) is 0 Å². The summed E-state index contributed by atoms with van der Waals surface area (Å²) in [5, 5.41) is 0. The Morgan fingerprint density at radius 3 is 1.94 bits per heavy atom. The normalized spacial score (nSPS) is 14.8. The number of rotatable bonds is 3. The molecule has 0 saturated heterocycles. The second-order valence-electron chi connectivity index (χ2n) is 4.68. The van der Waals surface area contributed by atoms with Crippen molar-refractivity contribution in [3.05, 3.63) is 0 Å². The number of carbonyl (C=O) groups is 2. The number of nitrogens with two attached hydrogens (primary N) is 1. The molecule has 0 aromatic rings. The van der Waals surface area contributed by atoms with Crippen molar-refractivity contribution >= 4 is 12.2 Å². The third-order valence-electron chi connectivity index (χ3n) is 2.78. The SMILES string of the molecule is CC1CCCCC1.CCCCC(C)=O.NC=O. The highest BCUT2D eigenvalue weighted by Gasteiger charge is 2.05. The van der Waals surface area contributed by atoms with Gasteiger partial charge in [-0.15, -0.1) is 0 Å². The van der Waals surface area contributed by atoms with Gasteiger partial charge in [0.05, 0.1) is 0 Å². The molecular weight excluding hydrogens is 214 g/mol. The van der Waals surface area contributed by atoms with E-state index in [2.05, 4.69) is 19.6 Å². The van der Waals surface area contributed by atoms with Crippen molar-refractivity contribution < 1.29 is 9.59 Å². The van der Waals surface area contributed by atoms with Gasteiger partial charge in [-0.3, -0.25) is 4.79 Å². The Morgan fingerprint density at radius 1 is 1.29 bits per heavy atom. The van der Waals surface area contributed by atoms with E-state index in [1.54, 1.807) is 6.92 Å². The first-order valence-electron chi connectivity index (χ1n) is 6.73. The van der Waals surface area contributed by atoms with Gasteiger partial charge in [0.2, 0.25) is 6.41 Å². The third kappa shape index (κ3) is 21.1. The standard InChI is InChI=1S/C7H14.C6H12O.CH3NO/c1-7-5-3-2-4-6-7;1-3-4-5-6(2)7;2-1-3/h7H,2-6H2,1H3;3-5H2,1-2H3;1H,(H2,2,3). The molecule has 1 rings (SSSR count). The Labute approximate surface area is 106 Å². The van der Waals surface area contributed by atoms with E-state index in [4.69, 9.17) is 4.79 Å². The molecule has 1 saturated carbocycles. The van der Waals surface area contributed by atoms with Gasteiger partial charge in [-0.25, -0.2) is 0 Å². The molecule has 3 heteroatoms. The summed E-state index contributed by atoms with van der Waals surface area (Å²) in [5.41, 5.74) is 4.17. The Morgan fingerprint density at radius 2 is 1.76 bits per heavy atom. The minimum Gasteiger partial charge on any atom is -0.372 e. The smallest absolute Gasteiger partial charge is 0.204 e. The van der Waals surface area contributed by atoms with Crippen molar-refractivity contribution in [3.63, 3.8) is 0 Å². The lowest BCUT2D eigenvalue weighted by atomic mass is 9.91. The summed E-state index contributed by atoms with van der Waals surface area (Å²) in [6, 6.07) is 0. The number of ketones is 1. The number of unbranched alkanes of at least 4 members (excludes halogenated alkanes) is 1. The van der Waals surface area contributed by atoms with Crippen LogP contribution in [0.1, 0.15) is 72.1 Å². The van der Waals surface area contributed by atoms with E-state index in [1.165, 1.54) is 32.1 Å². The molecule has 17 heavy (non-hydrogen) atoms. The molecular formula is C14H29NO2. The maximum atomic E-state index is 10.2. The number of Topliss-reactive ketones (excluding diaryl/α,β-unsaturated/α-hetero) is 1. The highest BCUT2D eigenvalue weighted by Crippen LogP contribution is 2.22. The maximum Gasteiger partial charge on any atom is 0.204 e. The van der Waals surface area contributed by atoms with Crippen LogP contribution in [0.3, 0.4) is 0 Å². The first kappa shape index (κ1) is 18.5. The van der Waals surface area contributed by atoms with E-state index >= 15 is 0 Å².